The van der Waals surface area contributed by atoms with Gasteiger partial charge in [0.1, 0.15) is 0 Å². The van der Waals surface area contributed by atoms with Crippen LogP contribution in [0.15, 0.2) is 35.2 Å². The first-order valence-corrected chi connectivity index (χ1v) is 6.84. The van der Waals surface area contributed by atoms with Crippen molar-refractivity contribution in [2.24, 2.45) is 0 Å². The molecule has 1 saturated heterocycles. The van der Waals surface area contributed by atoms with E-state index < -0.39 is 10.0 Å². The molecule has 2 rings (SSSR count). The Hall–Kier alpha value is -1.01. The van der Waals surface area contributed by atoms with Crippen LogP contribution in [0, 0.1) is 5.41 Å². The van der Waals surface area contributed by atoms with Gasteiger partial charge in [-0.3, -0.25) is 5.41 Å². The third-order valence-corrected chi connectivity index (χ3v) is 4.90. The van der Waals surface area contributed by atoms with Crippen molar-refractivity contribution in [3.05, 3.63) is 30.3 Å². The van der Waals surface area contributed by atoms with Crippen molar-refractivity contribution >= 4 is 27.0 Å². The summed E-state index contributed by atoms with van der Waals surface area (Å²) >= 11 is 1.26. The molecule has 15 heavy (non-hydrogen) atoms. The van der Waals surface area contributed by atoms with Crippen LogP contribution in [0.5, 0.6) is 0 Å². The van der Waals surface area contributed by atoms with Gasteiger partial charge in [0, 0.05) is 12.3 Å². The van der Waals surface area contributed by atoms with Gasteiger partial charge in [-0.05, 0) is 12.1 Å². The Labute approximate surface area is 92.8 Å². The zero-order valence-corrected chi connectivity index (χ0v) is 9.51. The number of sulfonamides is 1. The number of benzene rings is 1. The van der Waals surface area contributed by atoms with E-state index in [1.165, 1.54) is 11.8 Å². The van der Waals surface area contributed by atoms with Crippen LogP contribution in [0.4, 0.5) is 0 Å². The highest BCUT2D eigenvalue weighted by molar-refractivity contribution is 8.15. The normalized spacial score (nSPS) is 17.1. The fourth-order valence-electron chi connectivity index (χ4n) is 1.35. The zero-order chi connectivity index (χ0) is 10.9. The summed E-state index contributed by atoms with van der Waals surface area (Å²) in [7, 11) is -3.50. The maximum atomic E-state index is 12.0. The molecular weight excluding hydrogens is 232 g/mol. The molecule has 1 fully saturated rings. The minimum Gasteiger partial charge on any atom is -0.278 e. The van der Waals surface area contributed by atoms with E-state index in [4.69, 9.17) is 5.41 Å². The van der Waals surface area contributed by atoms with Gasteiger partial charge >= 0.3 is 0 Å². The van der Waals surface area contributed by atoms with Crippen LogP contribution in [-0.4, -0.2) is 30.2 Å². The molecule has 0 atom stereocenters. The fourth-order valence-corrected chi connectivity index (χ4v) is 3.92. The first-order chi connectivity index (χ1) is 7.12. The van der Waals surface area contributed by atoms with Gasteiger partial charge in [0.05, 0.1) is 4.90 Å². The van der Waals surface area contributed by atoms with E-state index in [-0.39, 0.29) is 10.1 Å². The Kier molecular flexibility index (Phi) is 2.70. The average molecular weight is 242 g/mol. The zero-order valence-electron chi connectivity index (χ0n) is 7.88. The molecule has 0 radical (unpaired) electrons. The number of hydrogen-bond donors (Lipinski definition) is 1. The van der Waals surface area contributed by atoms with Crippen molar-refractivity contribution < 1.29 is 8.42 Å². The van der Waals surface area contributed by atoms with Crippen molar-refractivity contribution in [3.8, 4) is 0 Å². The van der Waals surface area contributed by atoms with Crippen LogP contribution in [0.1, 0.15) is 0 Å². The molecule has 0 amide bonds. The summed E-state index contributed by atoms with van der Waals surface area (Å²) in [6.45, 7) is 0.390. The van der Waals surface area contributed by atoms with Crippen LogP contribution in [0.25, 0.3) is 0 Å². The minimum absolute atomic E-state index is 0.110. The monoisotopic (exact) mass is 242 g/mol. The van der Waals surface area contributed by atoms with Gasteiger partial charge in [-0.15, -0.1) is 0 Å². The molecule has 0 spiro atoms. The maximum absolute atomic E-state index is 12.0. The second kappa shape index (κ2) is 3.86. The lowest BCUT2D eigenvalue weighted by atomic mass is 10.4. The highest BCUT2D eigenvalue weighted by Gasteiger charge is 2.30. The Bertz CT molecular complexity index is 470. The van der Waals surface area contributed by atoms with E-state index in [2.05, 4.69) is 0 Å². The second-order valence-electron chi connectivity index (χ2n) is 3.04. The number of amidine groups is 1. The van der Waals surface area contributed by atoms with Gasteiger partial charge in [-0.2, -0.15) is 0 Å². The quantitative estimate of drug-likeness (QED) is 0.851. The molecule has 1 aliphatic heterocycles. The van der Waals surface area contributed by atoms with Gasteiger partial charge in [0.15, 0.2) is 5.17 Å². The minimum atomic E-state index is -3.50. The van der Waals surface area contributed by atoms with Gasteiger partial charge in [-0.1, -0.05) is 30.0 Å². The second-order valence-corrected chi connectivity index (χ2v) is 5.99. The first kappa shape index (κ1) is 10.5. The van der Waals surface area contributed by atoms with Crippen molar-refractivity contribution in [2.45, 2.75) is 4.90 Å². The Balaban J connectivity index is 2.40. The smallest absolute Gasteiger partial charge is 0.265 e. The number of rotatable bonds is 2. The summed E-state index contributed by atoms with van der Waals surface area (Å²) in [6.07, 6.45) is 0. The van der Waals surface area contributed by atoms with E-state index in [9.17, 15) is 8.42 Å². The molecule has 1 aromatic rings. The van der Waals surface area contributed by atoms with E-state index in [0.717, 1.165) is 4.31 Å². The molecule has 4 nitrogen and oxygen atoms in total. The fraction of sp³-hybridized carbons (Fsp3) is 0.222. The summed E-state index contributed by atoms with van der Waals surface area (Å²) in [6, 6.07) is 8.22. The summed E-state index contributed by atoms with van der Waals surface area (Å²) in [5.74, 6) is 0.658. The predicted octanol–water partition coefficient (Wildman–Crippen LogP) is 1.36. The number of thioether (sulfide) groups is 1. The standard InChI is InChI=1S/C9H10N2O2S2/c10-9-11(6-7-14-9)15(12,13)8-4-2-1-3-5-8/h1-5,10H,6-7H2. The van der Waals surface area contributed by atoms with Crippen LogP contribution < -0.4 is 0 Å². The molecule has 0 saturated carbocycles. The van der Waals surface area contributed by atoms with E-state index in [1.807, 2.05) is 0 Å². The highest BCUT2D eigenvalue weighted by Crippen LogP contribution is 2.24. The molecule has 0 unspecified atom stereocenters. The largest absolute Gasteiger partial charge is 0.278 e. The average Bonchev–Trinajstić information content (AvgIpc) is 2.66. The lowest BCUT2D eigenvalue weighted by Gasteiger charge is -2.16. The molecule has 1 aromatic carbocycles. The van der Waals surface area contributed by atoms with Crippen molar-refractivity contribution in [3.63, 3.8) is 0 Å². The summed E-state index contributed by atoms with van der Waals surface area (Å²) < 4.78 is 25.2. The lowest BCUT2D eigenvalue weighted by molar-refractivity contribution is 0.539. The topological polar surface area (TPSA) is 61.2 Å². The molecule has 0 aliphatic carbocycles. The Morgan fingerprint density at radius 3 is 2.47 bits per heavy atom. The van der Waals surface area contributed by atoms with E-state index in [0.29, 0.717) is 12.3 Å². The van der Waals surface area contributed by atoms with Crippen molar-refractivity contribution in [1.29, 1.82) is 5.41 Å². The SMILES string of the molecule is N=C1SCCN1S(=O)(=O)c1ccccc1. The molecule has 0 aromatic heterocycles. The van der Waals surface area contributed by atoms with Crippen molar-refractivity contribution in [2.75, 3.05) is 12.3 Å². The molecular formula is C9H10N2O2S2. The number of nitrogens with zero attached hydrogens (tertiary/aromatic N) is 1. The lowest BCUT2D eigenvalue weighted by Crippen LogP contribution is -2.31. The van der Waals surface area contributed by atoms with Gasteiger partial charge in [0.25, 0.3) is 10.0 Å². The van der Waals surface area contributed by atoms with Gasteiger partial charge in [-0.25, -0.2) is 12.7 Å². The van der Waals surface area contributed by atoms with Crippen LogP contribution >= 0.6 is 11.8 Å². The molecule has 1 N–H and O–H groups in total. The third kappa shape index (κ3) is 1.87. The summed E-state index contributed by atoms with van der Waals surface area (Å²) in [4.78, 5) is 0.247. The van der Waals surface area contributed by atoms with E-state index >= 15 is 0 Å². The van der Waals surface area contributed by atoms with Crippen LogP contribution in [0.3, 0.4) is 0 Å². The molecule has 80 valence electrons. The highest BCUT2D eigenvalue weighted by atomic mass is 32.2. The Morgan fingerprint density at radius 2 is 1.93 bits per heavy atom. The summed E-state index contributed by atoms with van der Waals surface area (Å²) in [5, 5.41) is 7.63. The summed E-state index contributed by atoms with van der Waals surface area (Å²) in [5.41, 5.74) is 0. The number of hydrogen-bond acceptors (Lipinski definition) is 4. The molecule has 1 aliphatic rings. The first-order valence-electron chi connectivity index (χ1n) is 4.41. The maximum Gasteiger partial charge on any atom is 0.265 e. The van der Waals surface area contributed by atoms with Gasteiger partial charge < -0.3 is 0 Å². The Morgan fingerprint density at radius 1 is 1.27 bits per heavy atom. The van der Waals surface area contributed by atoms with Crippen LogP contribution in [-0.2, 0) is 10.0 Å². The molecule has 0 bridgehead atoms. The van der Waals surface area contributed by atoms with E-state index in [1.54, 1.807) is 30.3 Å². The van der Waals surface area contributed by atoms with Crippen molar-refractivity contribution in [1.82, 2.24) is 4.31 Å². The predicted molar refractivity (Wildman–Crippen MR) is 60.5 cm³/mol. The van der Waals surface area contributed by atoms with Crippen LogP contribution in [0.2, 0.25) is 0 Å². The molecule has 6 heteroatoms. The number of nitrogens with one attached hydrogen (secondary N) is 1. The third-order valence-electron chi connectivity index (χ3n) is 2.09. The molecule has 1 heterocycles. The van der Waals surface area contributed by atoms with Gasteiger partial charge in [0.2, 0.25) is 0 Å².